The Hall–Kier alpha value is -3.74. The molecule has 5 rings (SSSR count). The minimum atomic E-state index is -0.506. The predicted octanol–water partition coefficient (Wildman–Crippen LogP) is 2.92. The van der Waals surface area contributed by atoms with Gasteiger partial charge in [0.15, 0.2) is 0 Å². The molecule has 3 aliphatic rings. The number of rotatable bonds is 6. The van der Waals surface area contributed by atoms with Gasteiger partial charge < -0.3 is 10.6 Å². The standard InChI is InChI=1S/C26H25N3O4/c1-15(16-7-3-2-4-8-16)27-24(31)19-9-5-6-10-20(19)28-21(30)14-29-25(32)22-17-11-12-18(13-17)23(22)26(29)33/h2-12,15,17-18,22-23H,13-14H2,1H3,(H,27,31)(H,28,30)/t15-,17-,18-,22+,23+/m0/s1. The van der Waals surface area contributed by atoms with E-state index in [1.54, 1.807) is 24.3 Å². The number of amides is 4. The summed E-state index contributed by atoms with van der Waals surface area (Å²) in [6.07, 6.45) is 4.88. The molecule has 2 N–H and O–H groups in total. The van der Waals surface area contributed by atoms with Crippen molar-refractivity contribution >= 4 is 29.3 Å². The Bertz CT molecular complexity index is 1130. The minimum Gasteiger partial charge on any atom is -0.345 e. The summed E-state index contributed by atoms with van der Waals surface area (Å²) in [6.45, 7) is 1.54. The molecule has 0 aromatic heterocycles. The molecule has 7 heteroatoms. The van der Waals surface area contributed by atoms with Gasteiger partial charge in [0.1, 0.15) is 6.54 Å². The van der Waals surface area contributed by atoms with Crippen molar-refractivity contribution in [3.63, 3.8) is 0 Å². The van der Waals surface area contributed by atoms with Crippen LogP contribution in [0, 0.1) is 23.7 Å². The third-order valence-electron chi connectivity index (χ3n) is 6.96. The zero-order valence-corrected chi connectivity index (χ0v) is 18.2. The second-order valence-corrected chi connectivity index (χ2v) is 8.96. The highest BCUT2D eigenvalue weighted by Gasteiger charge is 2.59. The first-order chi connectivity index (χ1) is 15.9. The summed E-state index contributed by atoms with van der Waals surface area (Å²) in [5.41, 5.74) is 1.61. The average molecular weight is 444 g/mol. The van der Waals surface area contributed by atoms with Crippen LogP contribution in [0.1, 0.15) is 35.3 Å². The molecular weight excluding hydrogens is 418 g/mol. The van der Waals surface area contributed by atoms with Crippen LogP contribution >= 0.6 is 0 Å². The highest BCUT2D eigenvalue weighted by Crippen LogP contribution is 2.52. The lowest BCUT2D eigenvalue weighted by molar-refractivity contribution is -0.143. The van der Waals surface area contributed by atoms with Crippen LogP contribution < -0.4 is 10.6 Å². The van der Waals surface area contributed by atoms with Crippen molar-refractivity contribution < 1.29 is 19.2 Å². The molecule has 0 spiro atoms. The first-order valence-electron chi connectivity index (χ1n) is 11.2. The molecule has 0 radical (unpaired) electrons. The van der Waals surface area contributed by atoms with Crippen molar-refractivity contribution in [1.82, 2.24) is 10.2 Å². The van der Waals surface area contributed by atoms with Crippen molar-refractivity contribution in [1.29, 1.82) is 0 Å². The van der Waals surface area contributed by atoms with Crippen LogP contribution in [0.4, 0.5) is 5.69 Å². The number of allylic oxidation sites excluding steroid dienone is 2. The van der Waals surface area contributed by atoms with Crippen LogP contribution in [-0.4, -0.2) is 35.1 Å². The van der Waals surface area contributed by atoms with Gasteiger partial charge in [0, 0.05) is 0 Å². The number of para-hydroxylation sites is 1. The molecule has 1 saturated heterocycles. The third kappa shape index (κ3) is 3.73. The van der Waals surface area contributed by atoms with Crippen LogP contribution in [0.2, 0.25) is 0 Å². The number of hydrogen-bond donors (Lipinski definition) is 2. The van der Waals surface area contributed by atoms with Gasteiger partial charge >= 0.3 is 0 Å². The molecule has 2 aliphatic carbocycles. The summed E-state index contributed by atoms with van der Waals surface area (Å²) in [6, 6.07) is 16.1. The number of anilines is 1. The number of carbonyl (C=O) groups excluding carboxylic acids is 4. The molecule has 0 unspecified atom stereocenters. The molecule has 4 amide bonds. The Morgan fingerprint density at radius 1 is 0.939 bits per heavy atom. The van der Waals surface area contributed by atoms with Crippen molar-refractivity contribution in [3.8, 4) is 0 Å². The Kier molecular flexibility index (Phi) is 5.32. The second kappa shape index (κ2) is 8.31. The number of imide groups is 1. The zero-order chi connectivity index (χ0) is 23.1. The quantitative estimate of drug-likeness (QED) is 0.530. The predicted molar refractivity (Wildman–Crippen MR) is 122 cm³/mol. The minimum absolute atomic E-state index is 0.0977. The van der Waals surface area contributed by atoms with Gasteiger partial charge in [-0.15, -0.1) is 0 Å². The van der Waals surface area contributed by atoms with Gasteiger partial charge in [-0.25, -0.2) is 0 Å². The monoisotopic (exact) mass is 443 g/mol. The smallest absolute Gasteiger partial charge is 0.253 e. The Morgan fingerprint density at radius 3 is 2.21 bits per heavy atom. The van der Waals surface area contributed by atoms with E-state index in [0.29, 0.717) is 11.3 Å². The van der Waals surface area contributed by atoms with E-state index in [9.17, 15) is 19.2 Å². The fourth-order valence-corrected chi connectivity index (χ4v) is 5.34. The maximum Gasteiger partial charge on any atom is 0.253 e. The van der Waals surface area contributed by atoms with Gasteiger partial charge in [0.05, 0.1) is 29.1 Å². The number of hydrogen-bond acceptors (Lipinski definition) is 4. The van der Waals surface area contributed by atoms with Crippen molar-refractivity contribution in [3.05, 3.63) is 77.9 Å². The number of likely N-dealkylation sites (tertiary alicyclic amines) is 1. The molecule has 33 heavy (non-hydrogen) atoms. The average Bonchev–Trinajstić information content (AvgIpc) is 3.50. The largest absolute Gasteiger partial charge is 0.345 e. The summed E-state index contributed by atoms with van der Waals surface area (Å²) in [5, 5.41) is 5.66. The first kappa shape index (κ1) is 21.1. The van der Waals surface area contributed by atoms with Gasteiger partial charge in [-0.2, -0.15) is 0 Å². The number of carbonyl (C=O) groups is 4. The molecule has 1 saturated carbocycles. The van der Waals surface area contributed by atoms with Crippen LogP contribution in [0.5, 0.6) is 0 Å². The van der Waals surface area contributed by atoms with Gasteiger partial charge in [0.25, 0.3) is 5.91 Å². The summed E-state index contributed by atoms with van der Waals surface area (Å²) in [4.78, 5) is 52.4. The SMILES string of the molecule is C[C@H](NC(=O)c1ccccc1NC(=O)CN1C(=O)[C@H]2[C@H](C1=O)[C@H]1C=C[C@H]2C1)c1ccccc1. The molecule has 7 nitrogen and oxygen atoms in total. The Morgan fingerprint density at radius 2 is 1.55 bits per heavy atom. The van der Waals surface area contributed by atoms with Crippen LogP contribution in [0.25, 0.3) is 0 Å². The molecule has 2 fully saturated rings. The van der Waals surface area contributed by atoms with Gasteiger partial charge in [-0.05, 0) is 42.9 Å². The summed E-state index contributed by atoms with van der Waals surface area (Å²) >= 11 is 0. The molecule has 1 heterocycles. The Labute approximate surface area is 191 Å². The van der Waals surface area contributed by atoms with E-state index in [-0.39, 0.29) is 54.0 Å². The normalized spacial score (nSPS) is 25.8. The van der Waals surface area contributed by atoms with Crippen LogP contribution in [0.15, 0.2) is 66.7 Å². The molecule has 2 aromatic carbocycles. The molecule has 2 aromatic rings. The second-order valence-electron chi connectivity index (χ2n) is 8.96. The van der Waals surface area contributed by atoms with Gasteiger partial charge in [-0.1, -0.05) is 54.6 Å². The number of nitrogens with zero attached hydrogens (tertiary/aromatic N) is 1. The van der Waals surface area contributed by atoms with E-state index in [2.05, 4.69) is 10.6 Å². The molecule has 5 atom stereocenters. The molecule has 1 aliphatic heterocycles. The number of fused-ring (bicyclic) bond motifs is 5. The fourth-order valence-electron chi connectivity index (χ4n) is 5.34. The lowest BCUT2D eigenvalue weighted by Gasteiger charge is -2.18. The van der Waals surface area contributed by atoms with E-state index < -0.39 is 5.91 Å². The van der Waals surface area contributed by atoms with Crippen molar-refractivity contribution in [2.45, 2.75) is 19.4 Å². The van der Waals surface area contributed by atoms with E-state index in [4.69, 9.17) is 0 Å². The van der Waals surface area contributed by atoms with Crippen molar-refractivity contribution in [2.24, 2.45) is 23.7 Å². The summed E-state index contributed by atoms with van der Waals surface area (Å²) in [5.74, 6) is -1.84. The maximum atomic E-state index is 12.9. The van der Waals surface area contributed by atoms with E-state index in [1.165, 1.54) is 0 Å². The highest BCUT2D eigenvalue weighted by molar-refractivity contribution is 6.10. The summed E-state index contributed by atoms with van der Waals surface area (Å²) in [7, 11) is 0. The van der Waals surface area contributed by atoms with Gasteiger partial charge in [-0.3, -0.25) is 24.1 Å². The van der Waals surface area contributed by atoms with E-state index in [0.717, 1.165) is 16.9 Å². The lowest BCUT2D eigenvalue weighted by Crippen LogP contribution is -2.39. The topological polar surface area (TPSA) is 95.6 Å². The number of benzene rings is 2. The fraction of sp³-hybridized carbons (Fsp3) is 0.308. The highest BCUT2D eigenvalue weighted by atomic mass is 16.2. The number of nitrogens with one attached hydrogen (secondary N) is 2. The summed E-state index contributed by atoms with van der Waals surface area (Å²) < 4.78 is 0. The Balaban J connectivity index is 1.26. The zero-order valence-electron chi connectivity index (χ0n) is 18.2. The van der Waals surface area contributed by atoms with E-state index >= 15 is 0 Å². The molecule has 2 bridgehead atoms. The van der Waals surface area contributed by atoms with Crippen LogP contribution in [-0.2, 0) is 14.4 Å². The molecule has 168 valence electrons. The van der Waals surface area contributed by atoms with Crippen molar-refractivity contribution in [2.75, 3.05) is 11.9 Å². The lowest BCUT2D eigenvalue weighted by atomic mass is 9.85. The van der Waals surface area contributed by atoms with E-state index in [1.807, 2.05) is 49.4 Å². The maximum absolute atomic E-state index is 12.9. The van der Waals surface area contributed by atoms with Gasteiger partial charge in [0.2, 0.25) is 17.7 Å². The molecular formula is C26H25N3O4. The van der Waals surface area contributed by atoms with Crippen LogP contribution in [0.3, 0.4) is 0 Å². The third-order valence-corrected chi connectivity index (χ3v) is 6.96. The first-order valence-corrected chi connectivity index (χ1v) is 11.2.